The van der Waals surface area contributed by atoms with Crippen LogP contribution in [0.1, 0.15) is 24.2 Å². The van der Waals surface area contributed by atoms with Crippen LogP contribution in [0.25, 0.3) is 0 Å². The van der Waals surface area contributed by atoms with Gasteiger partial charge in [-0.3, -0.25) is 4.79 Å². The van der Waals surface area contributed by atoms with E-state index in [4.69, 9.17) is 14.9 Å². The molecule has 1 aromatic carbocycles. The molecule has 0 saturated carbocycles. The number of aromatic hydroxyl groups is 1. The predicted molar refractivity (Wildman–Crippen MR) is 59.6 cm³/mol. The predicted octanol–water partition coefficient (Wildman–Crippen LogP) is 1.36. The Morgan fingerprint density at radius 2 is 1.88 bits per heavy atom. The van der Waals surface area contributed by atoms with Crippen LogP contribution in [0.4, 0.5) is 0 Å². The summed E-state index contributed by atoms with van der Waals surface area (Å²) in [6.07, 6.45) is 0. The highest BCUT2D eigenvalue weighted by Crippen LogP contribution is 2.19. The fraction of sp³-hybridized carbons (Fsp3) is 0.417. The van der Waals surface area contributed by atoms with Gasteiger partial charge in [-0.05, 0) is 38.1 Å². The van der Waals surface area contributed by atoms with Gasteiger partial charge in [-0.15, -0.1) is 0 Å². The van der Waals surface area contributed by atoms with E-state index in [1.807, 2.05) is 0 Å². The van der Waals surface area contributed by atoms with Crippen molar-refractivity contribution in [1.29, 1.82) is 0 Å². The number of carbonyl (C=O) groups excluding carboxylic acids is 1. The maximum Gasteiger partial charge on any atom is 0.194 e. The van der Waals surface area contributed by atoms with Gasteiger partial charge in [0.1, 0.15) is 11.4 Å². The molecule has 0 heterocycles. The van der Waals surface area contributed by atoms with Gasteiger partial charge in [0.25, 0.3) is 0 Å². The zero-order valence-corrected chi connectivity index (χ0v) is 9.43. The van der Waals surface area contributed by atoms with Crippen LogP contribution >= 0.6 is 0 Å². The lowest BCUT2D eigenvalue weighted by Gasteiger charge is -2.23. The highest BCUT2D eigenvalue weighted by molar-refractivity contribution is 6.02. The largest absolute Gasteiger partial charge is 0.508 e. The number of hydrogen-bond acceptors (Lipinski definition) is 4. The molecule has 0 aliphatic heterocycles. The van der Waals surface area contributed by atoms with Gasteiger partial charge in [0.15, 0.2) is 5.78 Å². The van der Waals surface area contributed by atoms with Crippen LogP contribution in [0.3, 0.4) is 0 Å². The van der Waals surface area contributed by atoms with Crippen molar-refractivity contribution in [2.24, 2.45) is 0 Å². The number of rotatable bonds is 5. The summed E-state index contributed by atoms with van der Waals surface area (Å²) in [5.41, 5.74) is -0.500. The van der Waals surface area contributed by atoms with E-state index in [0.29, 0.717) is 5.56 Å². The number of ketones is 1. The first-order chi connectivity index (χ1) is 7.47. The first kappa shape index (κ1) is 12.7. The standard InChI is InChI=1S/C12H16O4/c1-12(2,16-8-7-13)11(15)9-3-5-10(14)6-4-9/h3-6,13-14H,7-8H2,1-2H3. The molecule has 0 aliphatic carbocycles. The number of phenols is 1. The van der Waals surface area contributed by atoms with Crippen molar-refractivity contribution in [3.63, 3.8) is 0 Å². The Kier molecular flexibility index (Phi) is 4.04. The zero-order chi connectivity index (χ0) is 12.2. The number of ether oxygens (including phenoxy) is 1. The van der Waals surface area contributed by atoms with Crippen molar-refractivity contribution in [2.45, 2.75) is 19.4 Å². The summed E-state index contributed by atoms with van der Waals surface area (Å²) in [6, 6.07) is 5.99. The van der Waals surface area contributed by atoms with E-state index >= 15 is 0 Å². The van der Waals surface area contributed by atoms with E-state index in [9.17, 15) is 4.79 Å². The maximum atomic E-state index is 12.0. The van der Waals surface area contributed by atoms with Gasteiger partial charge in [0, 0.05) is 5.56 Å². The second kappa shape index (κ2) is 5.09. The van der Waals surface area contributed by atoms with E-state index in [-0.39, 0.29) is 24.7 Å². The fourth-order valence-corrected chi connectivity index (χ4v) is 1.33. The van der Waals surface area contributed by atoms with Gasteiger partial charge in [-0.1, -0.05) is 0 Å². The number of aliphatic hydroxyl groups is 1. The molecule has 0 bridgehead atoms. The lowest BCUT2D eigenvalue weighted by atomic mass is 9.96. The van der Waals surface area contributed by atoms with Crippen molar-refractivity contribution in [3.8, 4) is 5.75 Å². The third-order valence-corrected chi connectivity index (χ3v) is 2.23. The maximum absolute atomic E-state index is 12.0. The minimum atomic E-state index is -0.973. The SMILES string of the molecule is CC(C)(OCCO)C(=O)c1ccc(O)cc1. The molecule has 1 rings (SSSR count). The van der Waals surface area contributed by atoms with E-state index in [0.717, 1.165) is 0 Å². The zero-order valence-electron chi connectivity index (χ0n) is 9.43. The second-order valence-electron chi connectivity index (χ2n) is 3.96. The van der Waals surface area contributed by atoms with Gasteiger partial charge in [-0.25, -0.2) is 0 Å². The number of carbonyl (C=O) groups is 1. The third kappa shape index (κ3) is 3.05. The van der Waals surface area contributed by atoms with E-state index in [2.05, 4.69) is 0 Å². The topological polar surface area (TPSA) is 66.8 Å². The molecule has 0 aliphatic rings. The van der Waals surface area contributed by atoms with Crippen LogP contribution in [0.15, 0.2) is 24.3 Å². The van der Waals surface area contributed by atoms with Crippen LogP contribution < -0.4 is 0 Å². The summed E-state index contributed by atoms with van der Waals surface area (Å²) in [4.78, 5) is 12.0. The summed E-state index contributed by atoms with van der Waals surface area (Å²) in [6.45, 7) is 3.30. The Hall–Kier alpha value is -1.39. The number of Topliss-reactive ketones (excluding diaryl/α,β-unsaturated/α-hetero) is 1. The molecule has 4 heteroatoms. The average molecular weight is 224 g/mol. The summed E-state index contributed by atoms with van der Waals surface area (Å²) >= 11 is 0. The van der Waals surface area contributed by atoms with Crippen LogP contribution in [0.2, 0.25) is 0 Å². The van der Waals surface area contributed by atoms with Crippen LogP contribution in [-0.2, 0) is 4.74 Å². The molecule has 88 valence electrons. The van der Waals surface area contributed by atoms with Crippen molar-refractivity contribution in [2.75, 3.05) is 13.2 Å². The van der Waals surface area contributed by atoms with Crippen LogP contribution in [-0.4, -0.2) is 34.8 Å². The van der Waals surface area contributed by atoms with Crippen LogP contribution in [0, 0.1) is 0 Å². The van der Waals surface area contributed by atoms with Gasteiger partial charge in [-0.2, -0.15) is 0 Å². The molecule has 2 N–H and O–H groups in total. The Bertz CT molecular complexity index is 354. The first-order valence-electron chi connectivity index (χ1n) is 5.06. The molecule has 1 aromatic rings. The molecule has 0 radical (unpaired) electrons. The molecular weight excluding hydrogens is 208 g/mol. The highest BCUT2D eigenvalue weighted by atomic mass is 16.5. The van der Waals surface area contributed by atoms with Gasteiger partial charge in [0.2, 0.25) is 0 Å². The summed E-state index contributed by atoms with van der Waals surface area (Å²) in [5.74, 6) is -0.0633. The molecular formula is C12H16O4. The Labute approximate surface area is 94.5 Å². The van der Waals surface area contributed by atoms with Gasteiger partial charge in [0.05, 0.1) is 13.2 Å². The van der Waals surface area contributed by atoms with Gasteiger partial charge < -0.3 is 14.9 Å². The van der Waals surface area contributed by atoms with E-state index in [1.54, 1.807) is 26.0 Å². The number of benzene rings is 1. The summed E-state index contributed by atoms with van der Waals surface area (Å²) in [5, 5.41) is 17.8. The lowest BCUT2D eigenvalue weighted by molar-refractivity contribution is -0.0174. The quantitative estimate of drug-likeness (QED) is 0.741. The third-order valence-electron chi connectivity index (χ3n) is 2.23. The highest BCUT2D eigenvalue weighted by Gasteiger charge is 2.29. The van der Waals surface area contributed by atoms with E-state index < -0.39 is 5.60 Å². The molecule has 0 fully saturated rings. The smallest absolute Gasteiger partial charge is 0.194 e. The minimum Gasteiger partial charge on any atom is -0.508 e. The van der Waals surface area contributed by atoms with Crippen molar-refractivity contribution in [3.05, 3.63) is 29.8 Å². The number of hydrogen-bond donors (Lipinski definition) is 2. The molecule has 16 heavy (non-hydrogen) atoms. The van der Waals surface area contributed by atoms with Crippen molar-refractivity contribution < 1.29 is 19.7 Å². The Balaban J connectivity index is 2.80. The summed E-state index contributed by atoms with van der Waals surface area (Å²) < 4.78 is 5.26. The van der Waals surface area contributed by atoms with Crippen molar-refractivity contribution >= 4 is 5.78 Å². The monoisotopic (exact) mass is 224 g/mol. The number of phenolic OH excluding ortho intramolecular Hbond substituents is 1. The van der Waals surface area contributed by atoms with E-state index in [1.165, 1.54) is 12.1 Å². The molecule has 0 unspecified atom stereocenters. The van der Waals surface area contributed by atoms with Crippen LogP contribution in [0.5, 0.6) is 5.75 Å². The molecule has 0 saturated heterocycles. The molecule has 0 amide bonds. The van der Waals surface area contributed by atoms with Gasteiger partial charge >= 0.3 is 0 Å². The summed E-state index contributed by atoms with van der Waals surface area (Å²) in [7, 11) is 0. The molecule has 0 aromatic heterocycles. The molecule has 0 spiro atoms. The molecule has 0 atom stereocenters. The normalized spacial score (nSPS) is 11.4. The number of aliphatic hydroxyl groups excluding tert-OH is 1. The minimum absolute atomic E-state index is 0.116. The fourth-order valence-electron chi connectivity index (χ4n) is 1.33. The lowest BCUT2D eigenvalue weighted by Crippen LogP contribution is -2.36. The Morgan fingerprint density at radius 3 is 2.38 bits per heavy atom. The average Bonchev–Trinajstić information content (AvgIpc) is 2.26. The first-order valence-corrected chi connectivity index (χ1v) is 5.06. The molecule has 4 nitrogen and oxygen atoms in total. The van der Waals surface area contributed by atoms with Crippen molar-refractivity contribution in [1.82, 2.24) is 0 Å². The Morgan fingerprint density at radius 1 is 1.31 bits per heavy atom. The second-order valence-corrected chi connectivity index (χ2v) is 3.96.